The second-order valence-corrected chi connectivity index (χ2v) is 5.36. The van der Waals surface area contributed by atoms with E-state index in [1.54, 1.807) is 23.3 Å². The van der Waals surface area contributed by atoms with Crippen LogP contribution in [0.3, 0.4) is 0 Å². The molecule has 2 aromatic rings. The second-order valence-electron chi connectivity index (χ2n) is 4.41. The highest BCUT2D eigenvalue weighted by Gasteiger charge is 2.28. The zero-order valence-corrected chi connectivity index (χ0v) is 11.4. The van der Waals surface area contributed by atoms with Gasteiger partial charge in [0.1, 0.15) is 0 Å². The minimum absolute atomic E-state index is 0.0108. The Bertz CT molecular complexity index is 604. The second kappa shape index (κ2) is 4.90. The molecule has 0 bridgehead atoms. The van der Waals surface area contributed by atoms with Gasteiger partial charge in [0, 0.05) is 6.92 Å². The molecule has 0 spiro atoms. The third-order valence-electron chi connectivity index (χ3n) is 3.11. The molecule has 1 aliphatic rings. The average Bonchev–Trinajstić information content (AvgIpc) is 3.08. The molecule has 0 saturated heterocycles. The van der Waals surface area contributed by atoms with Gasteiger partial charge in [-0.25, -0.2) is 5.01 Å². The first-order valence-electron chi connectivity index (χ1n) is 6.13. The number of rotatable bonds is 2. The van der Waals surface area contributed by atoms with Crippen molar-refractivity contribution in [2.45, 2.75) is 13.0 Å². The van der Waals surface area contributed by atoms with Crippen molar-refractivity contribution in [3.63, 3.8) is 0 Å². The van der Waals surface area contributed by atoms with E-state index < -0.39 is 0 Å². The number of carbonyl (C=O) groups excluding carboxylic acids is 1. The number of hydrogen-bond acceptors (Lipinski definition) is 3. The summed E-state index contributed by atoms with van der Waals surface area (Å²) in [6.45, 7) is 1.58. The van der Waals surface area contributed by atoms with Crippen molar-refractivity contribution in [2.75, 3.05) is 0 Å². The third-order valence-corrected chi connectivity index (χ3v) is 4.01. The fraction of sp³-hybridized carbons (Fsp3) is 0.133. The van der Waals surface area contributed by atoms with Gasteiger partial charge in [-0.05, 0) is 23.1 Å². The van der Waals surface area contributed by atoms with Gasteiger partial charge in [0.25, 0.3) is 0 Å². The quantitative estimate of drug-likeness (QED) is 0.909. The van der Waals surface area contributed by atoms with Gasteiger partial charge in [0.2, 0.25) is 5.91 Å². The largest absolute Gasteiger partial charge is 0.294 e. The average molecular weight is 270 g/mol. The number of hydrazine groups is 1. The van der Waals surface area contributed by atoms with E-state index in [-0.39, 0.29) is 11.9 Å². The molecule has 0 aliphatic carbocycles. The predicted octanol–water partition coefficient (Wildman–Crippen LogP) is 3.20. The summed E-state index contributed by atoms with van der Waals surface area (Å²) in [5.74, 6) is 0.0108. The van der Waals surface area contributed by atoms with Gasteiger partial charge in [0.05, 0.1) is 16.6 Å². The number of nitrogens with one attached hydrogen (secondary N) is 1. The molecule has 19 heavy (non-hydrogen) atoms. The Balaban J connectivity index is 1.97. The smallest absolute Gasteiger partial charge is 0.238 e. The van der Waals surface area contributed by atoms with Crippen LogP contribution in [0, 0.1) is 0 Å². The summed E-state index contributed by atoms with van der Waals surface area (Å²) in [5, 5.41) is 3.70. The molecule has 1 amide bonds. The lowest BCUT2D eigenvalue weighted by atomic mass is 10.1. The predicted molar refractivity (Wildman–Crippen MR) is 77.1 cm³/mol. The Morgan fingerprint density at radius 3 is 2.63 bits per heavy atom. The normalized spacial score (nSPS) is 18.1. The fourth-order valence-electron chi connectivity index (χ4n) is 2.21. The zero-order chi connectivity index (χ0) is 13.2. The summed E-state index contributed by atoms with van der Waals surface area (Å²) in [7, 11) is 0. The Morgan fingerprint density at radius 1 is 1.21 bits per heavy atom. The molecule has 0 radical (unpaired) electrons. The molecular formula is C15H14N2OS. The molecule has 3 nitrogen and oxygen atoms in total. The van der Waals surface area contributed by atoms with E-state index in [0.717, 1.165) is 16.1 Å². The molecule has 1 atom stereocenters. The molecule has 1 aromatic heterocycles. The van der Waals surface area contributed by atoms with Crippen molar-refractivity contribution < 1.29 is 4.79 Å². The molecule has 4 heteroatoms. The molecule has 3 rings (SSSR count). The maximum Gasteiger partial charge on any atom is 0.238 e. The van der Waals surface area contributed by atoms with E-state index in [9.17, 15) is 4.79 Å². The molecule has 0 unspecified atom stereocenters. The minimum atomic E-state index is -0.0456. The van der Waals surface area contributed by atoms with Crippen molar-refractivity contribution in [3.05, 3.63) is 64.4 Å². The highest BCUT2D eigenvalue weighted by atomic mass is 32.1. The first-order chi connectivity index (χ1) is 9.25. The molecule has 0 saturated carbocycles. The Kier molecular flexibility index (Phi) is 3.09. The van der Waals surface area contributed by atoms with Crippen molar-refractivity contribution in [1.82, 2.24) is 10.4 Å². The summed E-state index contributed by atoms with van der Waals surface area (Å²) in [6.07, 6.45) is 2.10. The standard InChI is InChI=1S/C15H14N2OS/c1-11(18)17-14(12-6-3-2-4-7-12)10-13(16-17)15-8-5-9-19-15/h2-10,14,16H,1H3/t14-/m0/s1. The highest BCUT2D eigenvalue weighted by Crippen LogP contribution is 2.32. The first kappa shape index (κ1) is 12.0. The van der Waals surface area contributed by atoms with Crippen molar-refractivity contribution in [2.24, 2.45) is 0 Å². The van der Waals surface area contributed by atoms with Crippen molar-refractivity contribution in [3.8, 4) is 0 Å². The molecule has 1 aromatic carbocycles. The summed E-state index contributed by atoms with van der Waals surface area (Å²) in [5.41, 5.74) is 5.30. The minimum Gasteiger partial charge on any atom is -0.294 e. The summed E-state index contributed by atoms with van der Waals surface area (Å²) in [6, 6.07) is 14.1. The van der Waals surface area contributed by atoms with E-state index in [0.29, 0.717) is 0 Å². The number of amides is 1. The zero-order valence-electron chi connectivity index (χ0n) is 10.5. The van der Waals surface area contributed by atoms with E-state index in [1.165, 1.54) is 0 Å². The molecular weight excluding hydrogens is 256 g/mol. The maximum atomic E-state index is 11.8. The lowest BCUT2D eigenvalue weighted by molar-refractivity contribution is -0.132. The topological polar surface area (TPSA) is 32.3 Å². The van der Waals surface area contributed by atoms with Crippen LogP contribution in [0.2, 0.25) is 0 Å². The van der Waals surface area contributed by atoms with Gasteiger partial charge in [0.15, 0.2) is 0 Å². The van der Waals surface area contributed by atoms with Crippen molar-refractivity contribution >= 4 is 22.9 Å². The van der Waals surface area contributed by atoms with E-state index in [4.69, 9.17) is 0 Å². The lowest BCUT2D eigenvalue weighted by Gasteiger charge is -2.23. The first-order valence-corrected chi connectivity index (χ1v) is 7.01. The van der Waals surface area contributed by atoms with Crippen LogP contribution in [0.5, 0.6) is 0 Å². The summed E-state index contributed by atoms with van der Waals surface area (Å²) < 4.78 is 0. The summed E-state index contributed by atoms with van der Waals surface area (Å²) in [4.78, 5) is 12.9. The van der Waals surface area contributed by atoms with Crippen LogP contribution in [0.1, 0.15) is 23.4 Å². The number of hydrogen-bond donors (Lipinski definition) is 1. The van der Waals surface area contributed by atoms with Crippen LogP contribution in [0.4, 0.5) is 0 Å². The molecule has 1 N–H and O–H groups in total. The van der Waals surface area contributed by atoms with E-state index in [1.807, 2.05) is 41.8 Å². The molecule has 0 fully saturated rings. The van der Waals surface area contributed by atoms with E-state index in [2.05, 4.69) is 17.6 Å². The Labute approximate surface area is 116 Å². The summed E-state index contributed by atoms with van der Waals surface area (Å²) >= 11 is 1.66. The van der Waals surface area contributed by atoms with Crippen LogP contribution < -0.4 is 5.43 Å². The Morgan fingerprint density at radius 2 is 2.00 bits per heavy atom. The third kappa shape index (κ3) is 2.27. The number of thiophene rings is 1. The van der Waals surface area contributed by atoms with Gasteiger partial charge in [-0.15, -0.1) is 11.3 Å². The van der Waals surface area contributed by atoms with Crippen LogP contribution >= 0.6 is 11.3 Å². The van der Waals surface area contributed by atoms with Gasteiger partial charge in [-0.1, -0.05) is 36.4 Å². The fourth-order valence-corrected chi connectivity index (χ4v) is 2.91. The van der Waals surface area contributed by atoms with Crippen LogP contribution in [0.25, 0.3) is 5.70 Å². The van der Waals surface area contributed by atoms with Gasteiger partial charge < -0.3 is 0 Å². The van der Waals surface area contributed by atoms with Crippen molar-refractivity contribution in [1.29, 1.82) is 0 Å². The van der Waals surface area contributed by atoms with Gasteiger partial charge in [-0.3, -0.25) is 10.2 Å². The van der Waals surface area contributed by atoms with Gasteiger partial charge in [-0.2, -0.15) is 0 Å². The molecule has 96 valence electrons. The maximum absolute atomic E-state index is 11.8. The lowest BCUT2D eigenvalue weighted by Crippen LogP contribution is -2.37. The molecule has 1 aliphatic heterocycles. The SMILES string of the molecule is CC(=O)N1NC(c2cccs2)=C[C@H]1c1ccccc1. The monoisotopic (exact) mass is 270 g/mol. The van der Waals surface area contributed by atoms with Crippen LogP contribution in [0.15, 0.2) is 53.9 Å². The van der Waals surface area contributed by atoms with Crippen LogP contribution in [-0.2, 0) is 4.79 Å². The Hall–Kier alpha value is -2.07. The number of nitrogens with zero attached hydrogens (tertiary/aromatic N) is 1. The van der Waals surface area contributed by atoms with Crippen LogP contribution in [-0.4, -0.2) is 10.9 Å². The molecule has 2 heterocycles. The van der Waals surface area contributed by atoms with E-state index >= 15 is 0 Å². The number of benzene rings is 1. The highest BCUT2D eigenvalue weighted by molar-refractivity contribution is 7.11. The van der Waals surface area contributed by atoms with Gasteiger partial charge >= 0.3 is 0 Å². The number of carbonyl (C=O) groups is 1.